The Balaban J connectivity index is 1.61. The van der Waals surface area contributed by atoms with Gasteiger partial charge in [0.05, 0.1) is 24.7 Å². The van der Waals surface area contributed by atoms with Crippen LogP contribution in [0.1, 0.15) is 37.7 Å². The number of thiol groups is 1. The molecule has 1 aliphatic carbocycles. The maximum Gasteiger partial charge on any atom is 0.306 e. The first-order valence-electron chi connectivity index (χ1n) is 10.5. The molecule has 0 radical (unpaired) electrons. The van der Waals surface area contributed by atoms with Crippen molar-refractivity contribution in [1.82, 2.24) is 0 Å². The second-order valence-electron chi connectivity index (χ2n) is 8.38. The van der Waals surface area contributed by atoms with Gasteiger partial charge in [-0.3, -0.25) is 9.59 Å². The summed E-state index contributed by atoms with van der Waals surface area (Å²) in [5.41, 5.74) is 8.53. The zero-order chi connectivity index (χ0) is 21.3. The summed E-state index contributed by atoms with van der Waals surface area (Å²) in [6.07, 6.45) is 4.51. The highest BCUT2D eigenvalue weighted by Gasteiger charge is 2.37. The highest BCUT2D eigenvalue weighted by Crippen LogP contribution is 2.58. The van der Waals surface area contributed by atoms with Crippen molar-refractivity contribution in [3.8, 4) is 0 Å². The summed E-state index contributed by atoms with van der Waals surface area (Å²) in [5.74, 6) is -0.215. The van der Waals surface area contributed by atoms with Crippen LogP contribution in [0, 0.1) is 17.7 Å². The first-order valence-corrected chi connectivity index (χ1v) is 12.0. The molecule has 162 valence electrons. The zero-order valence-corrected chi connectivity index (χ0v) is 17.8. The Morgan fingerprint density at radius 2 is 1.87 bits per heavy atom. The molecule has 1 fully saturated rings. The third-order valence-corrected chi connectivity index (χ3v) is 9.46. The van der Waals surface area contributed by atoms with Crippen LogP contribution in [-0.4, -0.2) is 35.9 Å². The SMILES string of the molecule is NC(=O)C1=C(Cc2ccc(F)cc2)[SH](CC2CCC(C(=O)O)CC2)C2=C1CCOC2. The smallest absolute Gasteiger partial charge is 0.306 e. The lowest BCUT2D eigenvalue weighted by atomic mass is 9.83. The van der Waals surface area contributed by atoms with Crippen LogP contribution in [0.2, 0.25) is 0 Å². The van der Waals surface area contributed by atoms with Gasteiger partial charge in [-0.05, 0) is 76.9 Å². The van der Waals surface area contributed by atoms with E-state index in [1.807, 2.05) is 0 Å². The fraction of sp³-hybridized carbons (Fsp3) is 0.478. The average molecular weight is 434 g/mol. The molecular weight excluding hydrogens is 405 g/mol. The molecule has 0 bridgehead atoms. The highest BCUT2D eigenvalue weighted by atomic mass is 32.2. The van der Waals surface area contributed by atoms with Crippen molar-refractivity contribution in [2.45, 2.75) is 38.5 Å². The van der Waals surface area contributed by atoms with Crippen molar-refractivity contribution in [2.24, 2.45) is 17.6 Å². The Bertz CT molecular complexity index is 900. The van der Waals surface area contributed by atoms with E-state index in [0.29, 0.717) is 50.4 Å². The van der Waals surface area contributed by atoms with Crippen LogP contribution in [0.5, 0.6) is 0 Å². The number of rotatable bonds is 6. The van der Waals surface area contributed by atoms with Crippen molar-refractivity contribution in [3.63, 3.8) is 0 Å². The van der Waals surface area contributed by atoms with Gasteiger partial charge in [0.15, 0.2) is 0 Å². The van der Waals surface area contributed by atoms with E-state index in [1.165, 1.54) is 17.0 Å². The molecule has 2 aliphatic heterocycles. The Kier molecular flexibility index (Phi) is 6.29. The summed E-state index contributed by atoms with van der Waals surface area (Å²) in [7, 11) is -0.729. The van der Waals surface area contributed by atoms with Crippen molar-refractivity contribution >= 4 is 22.8 Å². The summed E-state index contributed by atoms with van der Waals surface area (Å²) in [6.45, 7) is 1.13. The van der Waals surface area contributed by atoms with Crippen LogP contribution >= 0.6 is 10.9 Å². The number of nitrogens with two attached hydrogens (primary N) is 1. The number of amides is 1. The maximum atomic E-state index is 13.4. The first-order chi connectivity index (χ1) is 14.4. The monoisotopic (exact) mass is 433 g/mol. The molecule has 7 heteroatoms. The van der Waals surface area contributed by atoms with Gasteiger partial charge in [-0.15, -0.1) is 0 Å². The third kappa shape index (κ3) is 4.32. The largest absolute Gasteiger partial charge is 0.481 e. The zero-order valence-electron chi connectivity index (χ0n) is 16.9. The Morgan fingerprint density at radius 3 is 2.50 bits per heavy atom. The summed E-state index contributed by atoms with van der Waals surface area (Å²) in [4.78, 5) is 26.0. The van der Waals surface area contributed by atoms with Gasteiger partial charge in [-0.1, -0.05) is 12.1 Å². The number of benzene rings is 1. The van der Waals surface area contributed by atoms with Gasteiger partial charge >= 0.3 is 5.97 Å². The molecule has 4 rings (SSSR count). The van der Waals surface area contributed by atoms with Gasteiger partial charge in [-0.2, -0.15) is 0 Å². The number of primary amides is 1. The lowest BCUT2D eigenvalue weighted by molar-refractivity contribution is -0.143. The number of allylic oxidation sites excluding steroid dienone is 1. The minimum atomic E-state index is -0.729. The van der Waals surface area contributed by atoms with E-state index < -0.39 is 16.9 Å². The molecule has 1 atom stereocenters. The summed E-state index contributed by atoms with van der Waals surface area (Å²) < 4.78 is 19.1. The minimum Gasteiger partial charge on any atom is -0.481 e. The maximum absolute atomic E-state index is 13.4. The van der Waals surface area contributed by atoms with E-state index in [9.17, 15) is 19.1 Å². The number of ether oxygens (including phenoxy) is 1. The number of carbonyl (C=O) groups excluding carboxylic acids is 1. The third-order valence-electron chi connectivity index (χ3n) is 6.49. The van der Waals surface area contributed by atoms with Gasteiger partial charge in [0.2, 0.25) is 5.91 Å². The number of hydrogen-bond acceptors (Lipinski definition) is 3. The van der Waals surface area contributed by atoms with Crippen LogP contribution in [-0.2, 0) is 20.7 Å². The summed E-state index contributed by atoms with van der Waals surface area (Å²) in [6, 6.07) is 6.42. The first kappa shape index (κ1) is 21.1. The number of carbonyl (C=O) groups is 2. The fourth-order valence-electron chi connectivity index (χ4n) is 4.90. The average Bonchev–Trinajstić information content (AvgIpc) is 3.03. The normalized spacial score (nSPS) is 27.8. The number of carboxylic acids is 1. The molecule has 1 amide bonds. The highest BCUT2D eigenvalue weighted by molar-refractivity contribution is 8.24. The molecule has 5 nitrogen and oxygen atoms in total. The molecule has 1 aromatic carbocycles. The molecule has 3 N–H and O–H groups in total. The number of hydrogen-bond donors (Lipinski definition) is 3. The van der Waals surface area contributed by atoms with E-state index in [-0.39, 0.29) is 17.6 Å². The molecule has 0 saturated heterocycles. The molecule has 0 aromatic heterocycles. The molecule has 2 heterocycles. The van der Waals surface area contributed by atoms with Crippen molar-refractivity contribution in [2.75, 3.05) is 19.0 Å². The molecule has 30 heavy (non-hydrogen) atoms. The number of aliphatic carboxylic acids is 1. The van der Waals surface area contributed by atoms with Crippen LogP contribution in [0.15, 0.2) is 45.2 Å². The summed E-state index contributed by atoms with van der Waals surface area (Å²) >= 11 is 0. The molecular formula is C23H28FNO4S. The van der Waals surface area contributed by atoms with Gasteiger partial charge in [0, 0.05) is 6.42 Å². The van der Waals surface area contributed by atoms with Gasteiger partial charge in [0.25, 0.3) is 0 Å². The number of halogens is 1. The van der Waals surface area contributed by atoms with Crippen LogP contribution in [0.25, 0.3) is 0 Å². The lowest BCUT2D eigenvalue weighted by Crippen LogP contribution is -2.23. The predicted octanol–water partition coefficient (Wildman–Crippen LogP) is 3.69. The van der Waals surface area contributed by atoms with Gasteiger partial charge in [0.1, 0.15) is 5.82 Å². The molecule has 1 saturated carbocycles. The quantitative estimate of drug-likeness (QED) is 0.597. The topological polar surface area (TPSA) is 89.6 Å². The second kappa shape index (κ2) is 8.94. The fourth-order valence-corrected chi connectivity index (χ4v) is 8.23. The Hall–Kier alpha value is -2.12. The minimum absolute atomic E-state index is 0.235. The van der Waals surface area contributed by atoms with E-state index in [1.54, 1.807) is 12.1 Å². The van der Waals surface area contributed by atoms with Crippen molar-refractivity contribution in [1.29, 1.82) is 0 Å². The molecule has 1 unspecified atom stereocenters. The van der Waals surface area contributed by atoms with Gasteiger partial charge < -0.3 is 15.6 Å². The van der Waals surface area contributed by atoms with E-state index in [0.717, 1.165) is 34.6 Å². The van der Waals surface area contributed by atoms with E-state index in [4.69, 9.17) is 10.5 Å². The van der Waals surface area contributed by atoms with Crippen LogP contribution in [0.4, 0.5) is 4.39 Å². The van der Waals surface area contributed by atoms with E-state index >= 15 is 0 Å². The van der Waals surface area contributed by atoms with E-state index in [2.05, 4.69) is 0 Å². The molecule has 0 spiro atoms. The van der Waals surface area contributed by atoms with Crippen molar-refractivity contribution in [3.05, 3.63) is 56.6 Å². The Labute approximate surface area is 178 Å². The Morgan fingerprint density at radius 1 is 1.17 bits per heavy atom. The lowest BCUT2D eigenvalue weighted by Gasteiger charge is -2.33. The second-order valence-corrected chi connectivity index (χ2v) is 10.7. The van der Waals surface area contributed by atoms with Crippen molar-refractivity contribution < 1.29 is 23.8 Å². The summed E-state index contributed by atoms with van der Waals surface area (Å²) in [5, 5.41) is 9.28. The van der Waals surface area contributed by atoms with Crippen LogP contribution < -0.4 is 5.73 Å². The molecule has 3 aliphatic rings. The standard InChI is InChI=1S/C23H28FNO4S/c24-17-7-3-14(4-8-17)11-19-21(22(25)26)18-9-10-29-12-20(18)30(19)13-15-1-5-16(6-2-15)23(27)28/h3-4,7-8,15-16,30H,1-2,5-6,9-13H2,(H2,25,26)(H,27,28). The van der Waals surface area contributed by atoms with Gasteiger partial charge in [-0.25, -0.2) is 15.3 Å². The van der Waals surface area contributed by atoms with Crippen LogP contribution in [0.3, 0.4) is 0 Å². The molecule has 1 aromatic rings. The predicted molar refractivity (Wildman–Crippen MR) is 116 cm³/mol. The number of carboxylic acid groups (broad SMARTS) is 1.